The van der Waals surface area contributed by atoms with Crippen LogP contribution in [0.1, 0.15) is 0 Å². The molecule has 0 aromatic heterocycles. The van der Waals surface area contributed by atoms with E-state index in [1.54, 1.807) is 0 Å². The molecular formula is C24H20BrPSe. The maximum atomic E-state index is 4.29. The Labute approximate surface area is 171 Å². The van der Waals surface area contributed by atoms with Gasteiger partial charge in [-0.2, -0.15) is 0 Å². The average Bonchev–Trinajstić information content (AvgIpc) is 2.77. The predicted octanol–water partition coefficient (Wildman–Crippen LogP) is 4.77. The summed E-state index contributed by atoms with van der Waals surface area (Å²) in [6.07, 6.45) is 0. The summed E-state index contributed by atoms with van der Waals surface area (Å²) in [6, 6.07) is 44.2. The zero-order chi connectivity index (χ0) is 18.5. The molecule has 4 rings (SSSR count). The number of rotatable bonds is 4. The molecule has 4 aromatic rings. The fourth-order valence-corrected chi connectivity index (χ4v) is 25.0. The van der Waals surface area contributed by atoms with Gasteiger partial charge >= 0.3 is 172 Å². The van der Waals surface area contributed by atoms with Gasteiger partial charge in [0.05, 0.1) is 0 Å². The molecule has 0 aliphatic heterocycles. The van der Waals surface area contributed by atoms with Crippen LogP contribution >= 0.6 is 19.6 Å². The second-order valence-corrected chi connectivity index (χ2v) is 22.2. The maximum absolute atomic E-state index is 4.29. The van der Waals surface area contributed by atoms with Crippen LogP contribution in [0.2, 0.25) is 0 Å². The first kappa shape index (κ1) is 18.7. The minimum absolute atomic E-state index is 1.39. The van der Waals surface area contributed by atoms with Crippen molar-refractivity contribution in [2.24, 2.45) is 0 Å². The van der Waals surface area contributed by atoms with Crippen molar-refractivity contribution in [3.8, 4) is 0 Å². The molecule has 0 N–H and O–H groups in total. The van der Waals surface area contributed by atoms with Crippen molar-refractivity contribution in [2.45, 2.75) is 0 Å². The molecule has 134 valence electrons. The Morgan fingerprint density at radius 2 is 0.741 bits per heavy atom. The Bertz CT molecular complexity index is 959. The van der Waals surface area contributed by atoms with E-state index in [9.17, 15) is 0 Å². The van der Waals surface area contributed by atoms with E-state index < -0.39 is 16.7 Å². The molecule has 3 heteroatoms. The second kappa shape index (κ2) is 8.55. The van der Waals surface area contributed by atoms with Gasteiger partial charge in [-0.15, -0.1) is 0 Å². The molecule has 1 unspecified atom stereocenters. The third-order valence-electron chi connectivity index (χ3n) is 4.54. The van der Waals surface area contributed by atoms with Gasteiger partial charge in [-0.3, -0.25) is 0 Å². The fourth-order valence-electron chi connectivity index (χ4n) is 3.33. The molecule has 0 fully saturated rings. The summed E-state index contributed by atoms with van der Waals surface area (Å²) in [7, 11) is 0. The molecule has 0 amide bonds. The topological polar surface area (TPSA) is 0 Å². The number of hydrogen-bond acceptors (Lipinski definition) is 0. The second-order valence-electron chi connectivity index (χ2n) is 6.17. The molecule has 0 saturated carbocycles. The Morgan fingerprint density at radius 3 is 1.07 bits per heavy atom. The van der Waals surface area contributed by atoms with Gasteiger partial charge in [-0.05, 0) is 0 Å². The van der Waals surface area contributed by atoms with Gasteiger partial charge in [-0.25, -0.2) is 0 Å². The van der Waals surface area contributed by atoms with Gasteiger partial charge in [0, 0.05) is 0 Å². The average molecular weight is 498 g/mol. The fraction of sp³-hybridized carbons (Fsp3) is 0. The molecular weight excluding hydrogens is 478 g/mol. The summed E-state index contributed by atoms with van der Waals surface area (Å²) >= 11 is 2.90. The van der Waals surface area contributed by atoms with Crippen LogP contribution in [0.5, 0.6) is 0 Å². The van der Waals surface area contributed by atoms with Crippen LogP contribution in [0.4, 0.5) is 0 Å². The van der Waals surface area contributed by atoms with E-state index in [-0.39, 0.29) is 0 Å². The van der Waals surface area contributed by atoms with Gasteiger partial charge in [0.25, 0.3) is 0 Å². The quantitative estimate of drug-likeness (QED) is 0.281. The van der Waals surface area contributed by atoms with Crippen LogP contribution in [-0.2, 0) is 0 Å². The third kappa shape index (κ3) is 3.56. The van der Waals surface area contributed by atoms with Crippen molar-refractivity contribution in [1.29, 1.82) is 0 Å². The van der Waals surface area contributed by atoms with Crippen LogP contribution < -0.4 is 20.4 Å². The minimum atomic E-state index is -1.82. The standard InChI is InChI=1S/C24H20BrPSe/c25-27(24-19-11-4-12-20-24)26(21-13-5-1-6-14-21,22-15-7-2-8-16-22)23-17-9-3-10-18-23/h1-20H. The molecule has 1 atom stereocenters. The first-order valence-electron chi connectivity index (χ1n) is 8.85. The normalized spacial score (nSPS) is 12.5. The predicted molar refractivity (Wildman–Crippen MR) is 126 cm³/mol. The molecule has 0 nitrogen and oxygen atoms in total. The zero-order valence-electron chi connectivity index (χ0n) is 14.8. The molecule has 0 heterocycles. The van der Waals surface area contributed by atoms with Gasteiger partial charge in [-0.1, -0.05) is 0 Å². The van der Waals surface area contributed by atoms with E-state index in [1.165, 1.54) is 20.4 Å². The van der Waals surface area contributed by atoms with Gasteiger partial charge in [0.15, 0.2) is 0 Å². The zero-order valence-corrected chi connectivity index (χ0v) is 19.0. The Hall–Kier alpha value is -1.69. The number of hydrogen-bond donors (Lipinski definition) is 0. The summed E-state index contributed by atoms with van der Waals surface area (Å²) in [6.45, 7) is 0. The molecule has 27 heavy (non-hydrogen) atoms. The summed E-state index contributed by atoms with van der Waals surface area (Å²) in [4.78, 5) is 0. The third-order valence-corrected chi connectivity index (χ3v) is 26.3. The van der Waals surface area contributed by atoms with Crippen LogP contribution in [0.25, 0.3) is 0 Å². The van der Waals surface area contributed by atoms with Crippen LogP contribution in [0, 0.1) is 0 Å². The Morgan fingerprint density at radius 1 is 0.444 bits per heavy atom. The number of halogens is 1. The van der Waals surface area contributed by atoms with Crippen molar-refractivity contribution >= 4 is 51.2 Å². The van der Waals surface area contributed by atoms with E-state index >= 15 is 0 Å². The summed E-state index contributed by atoms with van der Waals surface area (Å²) in [5.41, 5.74) is -1.82. The molecule has 0 aliphatic carbocycles. The van der Waals surface area contributed by atoms with E-state index in [1.807, 2.05) is 0 Å². The molecule has 0 spiro atoms. The van der Waals surface area contributed by atoms with E-state index in [0.29, 0.717) is 0 Å². The Kier molecular flexibility index (Phi) is 5.91. The van der Waals surface area contributed by atoms with Gasteiger partial charge in [0.1, 0.15) is 0 Å². The van der Waals surface area contributed by atoms with Crippen molar-refractivity contribution in [2.75, 3.05) is 0 Å². The van der Waals surface area contributed by atoms with Crippen LogP contribution in [0.3, 0.4) is 0 Å². The molecule has 0 bridgehead atoms. The van der Waals surface area contributed by atoms with E-state index in [4.69, 9.17) is 0 Å². The van der Waals surface area contributed by atoms with E-state index in [2.05, 4.69) is 135 Å². The van der Waals surface area contributed by atoms with Crippen molar-refractivity contribution in [3.05, 3.63) is 121 Å². The SMILES string of the molecule is Br[Se](c1ccccc1)=P(c1ccccc1)(c1ccccc1)c1ccccc1. The summed E-state index contributed by atoms with van der Waals surface area (Å²) < 4.78 is 1.43. The van der Waals surface area contributed by atoms with Gasteiger partial charge in [0.2, 0.25) is 0 Å². The van der Waals surface area contributed by atoms with Crippen molar-refractivity contribution < 1.29 is 0 Å². The Balaban J connectivity index is 2.21. The van der Waals surface area contributed by atoms with Gasteiger partial charge < -0.3 is 0 Å². The van der Waals surface area contributed by atoms with Crippen LogP contribution in [0.15, 0.2) is 121 Å². The first-order chi connectivity index (χ1) is 13.3. The van der Waals surface area contributed by atoms with Crippen LogP contribution in [-0.4, -0.2) is 11.2 Å². The van der Waals surface area contributed by atoms with Crippen molar-refractivity contribution in [1.82, 2.24) is 0 Å². The molecule has 0 radical (unpaired) electrons. The summed E-state index contributed by atoms with van der Waals surface area (Å²) in [5, 5.41) is 4.31. The first-order valence-corrected chi connectivity index (χ1v) is 17.7. The molecule has 0 saturated heterocycles. The summed E-state index contributed by atoms with van der Waals surface area (Å²) in [5.74, 6) is 0. The monoisotopic (exact) mass is 498 g/mol. The van der Waals surface area contributed by atoms with Crippen molar-refractivity contribution in [3.63, 3.8) is 0 Å². The van der Waals surface area contributed by atoms with E-state index in [0.717, 1.165) is 0 Å². The molecule has 4 aromatic carbocycles. The molecule has 0 aliphatic rings. The number of benzene rings is 4.